The minimum atomic E-state index is 0.402. The zero-order valence-electron chi connectivity index (χ0n) is 12.5. The van der Waals surface area contributed by atoms with Crippen LogP contribution >= 0.6 is 15.9 Å². The molecule has 0 aromatic carbocycles. The maximum atomic E-state index is 5.09. The van der Waals surface area contributed by atoms with E-state index in [0.717, 1.165) is 27.9 Å². The number of fused-ring (bicyclic) bond motifs is 1. The maximum absolute atomic E-state index is 5.09. The summed E-state index contributed by atoms with van der Waals surface area (Å²) < 4.78 is 3.37. The number of nitrogens with zero attached hydrogens (tertiary/aromatic N) is 2. The number of hydrogen-bond donors (Lipinski definition) is 0. The van der Waals surface area contributed by atoms with Crippen molar-refractivity contribution < 1.29 is 0 Å². The fraction of sp³-hybridized carbons (Fsp3) is 0.611. The van der Waals surface area contributed by atoms with Gasteiger partial charge in [-0.15, -0.1) is 0 Å². The molecule has 6 rings (SSSR count). The molecule has 0 amide bonds. The largest absolute Gasteiger partial charge is 0.305 e. The van der Waals surface area contributed by atoms with E-state index in [9.17, 15) is 0 Å². The van der Waals surface area contributed by atoms with Gasteiger partial charge in [0.1, 0.15) is 5.65 Å². The average Bonchev–Trinajstić information content (AvgIpc) is 2.82. The SMILES string of the molecule is Cc1cc(Br)cn2cc(C34CC5CC(CC(C5)C3)C4)nc12. The van der Waals surface area contributed by atoms with E-state index in [0.29, 0.717) is 5.41 Å². The number of halogens is 1. The van der Waals surface area contributed by atoms with Gasteiger partial charge in [-0.2, -0.15) is 0 Å². The lowest BCUT2D eigenvalue weighted by molar-refractivity contribution is -0.00697. The molecular formula is C18H21BrN2. The van der Waals surface area contributed by atoms with Crippen LogP contribution in [0.2, 0.25) is 0 Å². The molecule has 4 aliphatic rings. The molecule has 2 nitrogen and oxygen atoms in total. The van der Waals surface area contributed by atoms with E-state index in [-0.39, 0.29) is 0 Å². The number of rotatable bonds is 1. The van der Waals surface area contributed by atoms with E-state index in [4.69, 9.17) is 4.98 Å². The van der Waals surface area contributed by atoms with Gasteiger partial charge in [0.05, 0.1) is 5.69 Å². The summed E-state index contributed by atoms with van der Waals surface area (Å²) >= 11 is 3.61. The average molecular weight is 345 g/mol. The van der Waals surface area contributed by atoms with Gasteiger partial charge in [0.25, 0.3) is 0 Å². The Labute approximate surface area is 134 Å². The van der Waals surface area contributed by atoms with Crippen molar-refractivity contribution in [3.8, 4) is 0 Å². The molecular weight excluding hydrogens is 324 g/mol. The van der Waals surface area contributed by atoms with Crippen molar-refractivity contribution in [1.29, 1.82) is 0 Å². The van der Waals surface area contributed by atoms with Crippen LogP contribution < -0.4 is 0 Å². The normalized spacial score (nSPS) is 37.5. The van der Waals surface area contributed by atoms with Crippen molar-refractivity contribution in [3.63, 3.8) is 0 Å². The van der Waals surface area contributed by atoms with Crippen LogP contribution in [-0.4, -0.2) is 9.38 Å². The van der Waals surface area contributed by atoms with Crippen LogP contribution in [0.25, 0.3) is 5.65 Å². The van der Waals surface area contributed by atoms with Gasteiger partial charge >= 0.3 is 0 Å². The quantitative estimate of drug-likeness (QED) is 0.721. The maximum Gasteiger partial charge on any atom is 0.140 e. The Balaban J connectivity index is 1.65. The summed E-state index contributed by atoms with van der Waals surface area (Å²) in [6.45, 7) is 2.16. The molecule has 0 N–H and O–H groups in total. The Hall–Kier alpha value is -0.830. The van der Waals surface area contributed by atoms with E-state index in [1.165, 1.54) is 49.8 Å². The molecule has 0 saturated heterocycles. The molecule has 0 unspecified atom stereocenters. The van der Waals surface area contributed by atoms with Gasteiger partial charge in [0.15, 0.2) is 0 Å². The molecule has 0 aliphatic heterocycles. The molecule has 4 fully saturated rings. The van der Waals surface area contributed by atoms with Gasteiger partial charge in [-0.3, -0.25) is 0 Å². The van der Waals surface area contributed by atoms with Crippen molar-refractivity contribution in [3.05, 3.63) is 34.2 Å². The first-order chi connectivity index (χ1) is 10.1. The van der Waals surface area contributed by atoms with Crippen molar-refractivity contribution in [2.75, 3.05) is 0 Å². The summed E-state index contributed by atoms with van der Waals surface area (Å²) in [7, 11) is 0. The highest BCUT2D eigenvalue weighted by molar-refractivity contribution is 9.10. The number of aryl methyl sites for hydroxylation is 1. The second-order valence-corrected chi connectivity index (χ2v) is 8.81. The third-order valence-electron chi connectivity index (χ3n) is 6.28. The summed E-state index contributed by atoms with van der Waals surface area (Å²) in [6, 6.07) is 2.17. The Bertz CT molecular complexity index is 695. The van der Waals surface area contributed by atoms with Crippen molar-refractivity contribution in [2.45, 2.75) is 50.9 Å². The van der Waals surface area contributed by atoms with E-state index < -0.39 is 0 Å². The van der Waals surface area contributed by atoms with E-state index in [1.807, 2.05) is 0 Å². The first-order valence-electron chi connectivity index (χ1n) is 8.27. The van der Waals surface area contributed by atoms with E-state index >= 15 is 0 Å². The zero-order chi connectivity index (χ0) is 14.2. The van der Waals surface area contributed by atoms with Gasteiger partial charge < -0.3 is 4.40 Å². The molecule has 0 radical (unpaired) electrons. The van der Waals surface area contributed by atoms with Gasteiger partial charge in [0.2, 0.25) is 0 Å². The third kappa shape index (κ3) is 1.79. The van der Waals surface area contributed by atoms with Crippen LogP contribution in [0.3, 0.4) is 0 Å². The van der Waals surface area contributed by atoms with Gasteiger partial charge in [-0.1, -0.05) is 0 Å². The number of pyridine rings is 1. The highest BCUT2D eigenvalue weighted by Crippen LogP contribution is 2.60. The van der Waals surface area contributed by atoms with Gasteiger partial charge in [-0.05, 0) is 90.8 Å². The standard InChI is InChI=1S/C18H21BrN2/c1-11-2-15(19)9-21-10-16(20-17(11)21)18-6-12-3-13(7-18)5-14(4-12)8-18/h2,9-10,12-14H,3-8H2,1H3. The van der Waals surface area contributed by atoms with Crippen LogP contribution in [0.15, 0.2) is 22.9 Å². The highest BCUT2D eigenvalue weighted by atomic mass is 79.9. The minimum Gasteiger partial charge on any atom is -0.305 e. The Morgan fingerprint density at radius 2 is 1.71 bits per heavy atom. The zero-order valence-corrected chi connectivity index (χ0v) is 14.1. The summed E-state index contributed by atoms with van der Waals surface area (Å²) in [4.78, 5) is 5.09. The van der Waals surface area contributed by atoms with Crippen LogP contribution in [0.4, 0.5) is 0 Å². The molecule has 4 bridgehead atoms. The molecule has 0 spiro atoms. The summed E-state index contributed by atoms with van der Waals surface area (Å²) in [5.41, 5.74) is 4.19. The highest BCUT2D eigenvalue weighted by Gasteiger charge is 2.52. The monoisotopic (exact) mass is 344 g/mol. The first kappa shape index (κ1) is 12.7. The molecule has 4 aliphatic carbocycles. The van der Waals surface area contributed by atoms with Gasteiger partial charge in [0, 0.05) is 22.3 Å². The lowest BCUT2D eigenvalue weighted by atomic mass is 9.49. The Morgan fingerprint density at radius 1 is 1.10 bits per heavy atom. The second-order valence-electron chi connectivity index (χ2n) is 7.90. The molecule has 4 saturated carbocycles. The van der Waals surface area contributed by atoms with E-state index in [2.05, 4.69) is 45.7 Å². The molecule has 2 aromatic heterocycles. The lowest BCUT2D eigenvalue weighted by Gasteiger charge is -2.56. The van der Waals surface area contributed by atoms with Crippen LogP contribution in [0.1, 0.15) is 49.8 Å². The summed E-state index contributed by atoms with van der Waals surface area (Å²) in [5, 5.41) is 0. The predicted octanol–water partition coefficient (Wildman–Crippen LogP) is 4.87. The number of hydrogen-bond acceptors (Lipinski definition) is 1. The minimum absolute atomic E-state index is 0.402. The summed E-state index contributed by atoms with van der Waals surface area (Å²) in [6.07, 6.45) is 13.1. The third-order valence-corrected chi connectivity index (χ3v) is 6.72. The predicted molar refractivity (Wildman–Crippen MR) is 87.5 cm³/mol. The van der Waals surface area contributed by atoms with E-state index in [1.54, 1.807) is 0 Å². The molecule has 110 valence electrons. The lowest BCUT2D eigenvalue weighted by Crippen LogP contribution is -2.48. The Kier molecular flexibility index (Phi) is 2.49. The fourth-order valence-corrected chi connectivity index (χ4v) is 6.47. The summed E-state index contributed by atoms with van der Waals surface area (Å²) in [5.74, 6) is 2.94. The number of aromatic nitrogens is 2. The molecule has 0 atom stereocenters. The smallest absolute Gasteiger partial charge is 0.140 e. The fourth-order valence-electron chi connectivity index (χ4n) is 5.91. The molecule has 21 heavy (non-hydrogen) atoms. The topological polar surface area (TPSA) is 17.3 Å². The van der Waals surface area contributed by atoms with Crippen LogP contribution in [-0.2, 0) is 5.41 Å². The number of imidazole rings is 1. The second kappa shape index (κ2) is 4.13. The van der Waals surface area contributed by atoms with Crippen molar-refractivity contribution in [2.24, 2.45) is 17.8 Å². The first-order valence-corrected chi connectivity index (χ1v) is 9.06. The molecule has 3 heteroatoms. The Morgan fingerprint density at radius 3 is 2.33 bits per heavy atom. The van der Waals surface area contributed by atoms with Crippen LogP contribution in [0, 0.1) is 24.7 Å². The van der Waals surface area contributed by atoms with Crippen LogP contribution in [0.5, 0.6) is 0 Å². The van der Waals surface area contributed by atoms with Gasteiger partial charge in [-0.25, -0.2) is 4.98 Å². The van der Waals surface area contributed by atoms with Crippen molar-refractivity contribution >= 4 is 21.6 Å². The molecule has 2 heterocycles. The van der Waals surface area contributed by atoms with Crippen molar-refractivity contribution in [1.82, 2.24) is 9.38 Å². The molecule has 2 aromatic rings.